The first kappa shape index (κ1) is 8.71. The van der Waals surface area contributed by atoms with E-state index in [1.54, 1.807) is 0 Å². The SMILES string of the molecule is CC(C)(/C=C/C#N)CBr. The Morgan fingerprint density at radius 3 is 2.56 bits per heavy atom. The molecule has 0 radical (unpaired) electrons. The van der Waals surface area contributed by atoms with Crippen LogP contribution in [0.1, 0.15) is 13.8 Å². The minimum atomic E-state index is 0.107. The van der Waals surface area contributed by atoms with Gasteiger partial charge in [0.25, 0.3) is 0 Å². The molecule has 0 unspecified atom stereocenters. The van der Waals surface area contributed by atoms with Crippen LogP contribution in [-0.2, 0) is 0 Å². The summed E-state index contributed by atoms with van der Waals surface area (Å²) in [6, 6.07) is 1.96. The normalized spacial score (nSPS) is 11.8. The number of nitriles is 1. The van der Waals surface area contributed by atoms with Gasteiger partial charge in [0.05, 0.1) is 6.07 Å². The van der Waals surface area contributed by atoms with Crippen molar-refractivity contribution in [1.82, 2.24) is 0 Å². The molecule has 0 saturated heterocycles. The summed E-state index contributed by atoms with van der Waals surface area (Å²) in [5.74, 6) is 0. The molecule has 0 aliphatic rings. The molecular formula is C7H10BrN. The van der Waals surface area contributed by atoms with Gasteiger partial charge >= 0.3 is 0 Å². The minimum absolute atomic E-state index is 0.107. The molecular weight excluding hydrogens is 178 g/mol. The number of rotatable bonds is 2. The fourth-order valence-electron chi connectivity index (χ4n) is 0.307. The van der Waals surface area contributed by atoms with Crippen LogP contribution in [0.5, 0.6) is 0 Å². The van der Waals surface area contributed by atoms with Crippen LogP contribution < -0.4 is 0 Å². The largest absolute Gasteiger partial charge is 0.193 e. The van der Waals surface area contributed by atoms with Gasteiger partial charge in [-0.25, -0.2) is 0 Å². The summed E-state index contributed by atoms with van der Waals surface area (Å²) < 4.78 is 0. The van der Waals surface area contributed by atoms with E-state index in [2.05, 4.69) is 29.8 Å². The van der Waals surface area contributed by atoms with Gasteiger partial charge in [-0.1, -0.05) is 35.9 Å². The van der Waals surface area contributed by atoms with Crippen LogP contribution in [0.25, 0.3) is 0 Å². The highest BCUT2D eigenvalue weighted by Gasteiger charge is 2.09. The minimum Gasteiger partial charge on any atom is -0.193 e. The third-order valence-corrected chi connectivity index (χ3v) is 2.40. The van der Waals surface area contributed by atoms with E-state index in [4.69, 9.17) is 5.26 Å². The number of allylic oxidation sites excluding steroid dienone is 2. The highest BCUT2D eigenvalue weighted by molar-refractivity contribution is 9.09. The molecule has 0 atom stereocenters. The van der Waals surface area contributed by atoms with E-state index in [1.165, 1.54) is 6.08 Å². The van der Waals surface area contributed by atoms with Gasteiger partial charge in [0.1, 0.15) is 0 Å². The molecule has 2 heteroatoms. The quantitative estimate of drug-likeness (QED) is 0.482. The van der Waals surface area contributed by atoms with Crippen molar-refractivity contribution in [2.24, 2.45) is 5.41 Å². The van der Waals surface area contributed by atoms with Crippen LogP contribution in [0.15, 0.2) is 12.2 Å². The van der Waals surface area contributed by atoms with Crippen LogP contribution in [0.3, 0.4) is 0 Å². The number of alkyl halides is 1. The van der Waals surface area contributed by atoms with Crippen molar-refractivity contribution in [3.63, 3.8) is 0 Å². The molecule has 0 heterocycles. The van der Waals surface area contributed by atoms with Gasteiger partial charge in [-0.05, 0) is 5.41 Å². The maximum absolute atomic E-state index is 8.17. The Morgan fingerprint density at radius 1 is 1.67 bits per heavy atom. The van der Waals surface area contributed by atoms with Crippen LogP contribution in [0.4, 0.5) is 0 Å². The average Bonchev–Trinajstić information content (AvgIpc) is 1.84. The van der Waals surface area contributed by atoms with E-state index >= 15 is 0 Å². The van der Waals surface area contributed by atoms with Crippen molar-refractivity contribution in [2.45, 2.75) is 13.8 Å². The highest BCUT2D eigenvalue weighted by atomic mass is 79.9. The highest BCUT2D eigenvalue weighted by Crippen LogP contribution is 2.18. The van der Waals surface area contributed by atoms with Crippen molar-refractivity contribution >= 4 is 15.9 Å². The van der Waals surface area contributed by atoms with E-state index in [1.807, 2.05) is 12.1 Å². The first-order valence-corrected chi connectivity index (χ1v) is 3.88. The zero-order valence-electron chi connectivity index (χ0n) is 5.69. The monoisotopic (exact) mass is 187 g/mol. The standard InChI is InChI=1S/C7H10BrN/c1-7(2,6-8)4-3-5-9/h3-4H,6H2,1-2H3/b4-3+. The van der Waals surface area contributed by atoms with E-state index in [-0.39, 0.29) is 5.41 Å². The summed E-state index contributed by atoms with van der Waals surface area (Å²) in [5, 5.41) is 9.06. The molecule has 0 aliphatic heterocycles. The fraction of sp³-hybridized carbons (Fsp3) is 0.571. The lowest BCUT2D eigenvalue weighted by Crippen LogP contribution is -2.07. The summed E-state index contributed by atoms with van der Waals surface area (Å²) >= 11 is 3.34. The van der Waals surface area contributed by atoms with Crippen molar-refractivity contribution in [3.05, 3.63) is 12.2 Å². The van der Waals surface area contributed by atoms with Crippen LogP contribution in [0.2, 0.25) is 0 Å². The Bertz CT molecular complexity index is 141. The molecule has 0 rings (SSSR count). The predicted molar refractivity (Wildman–Crippen MR) is 42.3 cm³/mol. The molecule has 0 aromatic heterocycles. The number of nitrogens with zero attached hydrogens (tertiary/aromatic N) is 1. The molecule has 0 aromatic carbocycles. The van der Waals surface area contributed by atoms with Gasteiger partial charge in [-0.2, -0.15) is 5.26 Å². The molecule has 0 N–H and O–H groups in total. The summed E-state index contributed by atoms with van der Waals surface area (Å²) in [6.07, 6.45) is 3.41. The predicted octanol–water partition coefficient (Wildman–Crippen LogP) is 2.49. The fourth-order valence-corrected chi connectivity index (χ4v) is 0.494. The summed E-state index contributed by atoms with van der Waals surface area (Å²) in [4.78, 5) is 0. The second-order valence-corrected chi connectivity index (χ2v) is 3.15. The van der Waals surface area contributed by atoms with E-state index in [9.17, 15) is 0 Å². The van der Waals surface area contributed by atoms with Gasteiger partial charge in [0, 0.05) is 11.4 Å². The topological polar surface area (TPSA) is 23.8 Å². The molecule has 9 heavy (non-hydrogen) atoms. The lowest BCUT2D eigenvalue weighted by Gasteiger charge is -2.14. The first-order valence-electron chi connectivity index (χ1n) is 2.76. The van der Waals surface area contributed by atoms with Crippen molar-refractivity contribution in [2.75, 3.05) is 5.33 Å². The summed E-state index contributed by atoms with van der Waals surface area (Å²) in [6.45, 7) is 4.13. The van der Waals surface area contributed by atoms with E-state index in [0.717, 1.165) is 5.33 Å². The average molecular weight is 188 g/mol. The van der Waals surface area contributed by atoms with Gasteiger partial charge in [-0.15, -0.1) is 0 Å². The molecule has 0 aliphatic carbocycles. The molecule has 0 amide bonds. The van der Waals surface area contributed by atoms with Crippen LogP contribution >= 0.6 is 15.9 Å². The summed E-state index contributed by atoms with van der Waals surface area (Å²) in [5.41, 5.74) is 0.107. The molecule has 0 aromatic rings. The van der Waals surface area contributed by atoms with Gasteiger partial charge in [-0.3, -0.25) is 0 Å². The molecule has 0 fully saturated rings. The Kier molecular flexibility index (Phi) is 3.56. The Morgan fingerprint density at radius 2 is 2.22 bits per heavy atom. The Balaban J connectivity index is 3.89. The van der Waals surface area contributed by atoms with Gasteiger partial charge in [0.2, 0.25) is 0 Å². The van der Waals surface area contributed by atoms with E-state index in [0.29, 0.717) is 0 Å². The van der Waals surface area contributed by atoms with Gasteiger partial charge < -0.3 is 0 Å². The second kappa shape index (κ2) is 3.68. The molecule has 0 saturated carbocycles. The lowest BCUT2D eigenvalue weighted by molar-refractivity contribution is 0.561. The molecule has 0 spiro atoms. The van der Waals surface area contributed by atoms with Crippen molar-refractivity contribution in [3.8, 4) is 6.07 Å². The Hall–Kier alpha value is -0.290. The van der Waals surface area contributed by atoms with Crippen LogP contribution in [0, 0.1) is 16.7 Å². The molecule has 1 nitrogen and oxygen atoms in total. The smallest absolute Gasteiger partial charge is 0.0908 e. The zero-order chi connectivity index (χ0) is 7.33. The summed E-state index contributed by atoms with van der Waals surface area (Å²) in [7, 11) is 0. The zero-order valence-corrected chi connectivity index (χ0v) is 7.27. The number of halogens is 1. The maximum Gasteiger partial charge on any atom is 0.0908 e. The van der Waals surface area contributed by atoms with E-state index < -0.39 is 0 Å². The number of hydrogen-bond donors (Lipinski definition) is 0. The Labute approximate surface area is 64.5 Å². The van der Waals surface area contributed by atoms with Crippen molar-refractivity contribution in [1.29, 1.82) is 5.26 Å². The lowest BCUT2D eigenvalue weighted by atomic mass is 9.96. The van der Waals surface area contributed by atoms with Crippen molar-refractivity contribution < 1.29 is 0 Å². The number of hydrogen-bond acceptors (Lipinski definition) is 1. The third kappa shape index (κ3) is 4.23. The molecule has 50 valence electrons. The van der Waals surface area contributed by atoms with Gasteiger partial charge in [0.15, 0.2) is 0 Å². The second-order valence-electron chi connectivity index (χ2n) is 2.58. The first-order chi connectivity index (χ1) is 4.12. The maximum atomic E-state index is 8.17. The molecule has 0 bridgehead atoms. The van der Waals surface area contributed by atoms with Crippen LogP contribution in [-0.4, -0.2) is 5.33 Å². The third-order valence-electron chi connectivity index (χ3n) is 0.953.